The highest BCUT2D eigenvalue weighted by molar-refractivity contribution is 5.94. The summed E-state index contributed by atoms with van der Waals surface area (Å²) in [4.78, 5) is 16.3. The third-order valence-electron chi connectivity index (χ3n) is 6.74. The fourth-order valence-electron chi connectivity index (χ4n) is 5.14. The van der Waals surface area contributed by atoms with Gasteiger partial charge in [0.05, 0.1) is 29.4 Å². The first-order chi connectivity index (χ1) is 16.1. The second kappa shape index (κ2) is 8.87. The molecule has 4 rings (SSSR count). The number of anilines is 1. The van der Waals surface area contributed by atoms with E-state index in [9.17, 15) is 26.7 Å². The van der Waals surface area contributed by atoms with Crippen molar-refractivity contribution >= 4 is 11.6 Å². The van der Waals surface area contributed by atoms with Crippen LogP contribution < -0.4 is 4.90 Å². The monoisotopic (exact) mass is 479 g/mol. The van der Waals surface area contributed by atoms with Crippen LogP contribution in [0.5, 0.6) is 0 Å². The maximum Gasteiger partial charge on any atom is 0.417 e. The molecule has 5 nitrogen and oxygen atoms in total. The average molecular weight is 479 g/mol. The summed E-state index contributed by atoms with van der Waals surface area (Å²) in [5.41, 5.74) is -1.92. The number of benzene rings is 2. The molecule has 2 atom stereocenters. The van der Waals surface area contributed by atoms with Crippen molar-refractivity contribution in [1.29, 1.82) is 5.26 Å². The van der Waals surface area contributed by atoms with Gasteiger partial charge in [0, 0.05) is 50.5 Å². The number of hydrogen-bond acceptors (Lipinski definition) is 4. The van der Waals surface area contributed by atoms with Crippen molar-refractivity contribution in [3.63, 3.8) is 0 Å². The zero-order valence-corrected chi connectivity index (χ0v) is 18.3. The van der Waals surface area contributed by atoms with E-state index in [-0.39, 0.29) is 24.6 Å². The number of carbonyl (C=O) groups is 1. The lowest BCUT2D eigenvalue weighted by Gasteiger charge is -2.43. The van der Waals surface area contributed by atoms with Crippen LogP contribution in [-0.2, 0) is 10.9 Å². The molecule has 2 heterocycles. The lowest BCUT2D eigenvalue weighted by atomic mass is 9.73. The molecule has 2 saturated heterocycles. The molecule has 2 aliphatic heterocycles. The Morgan fingerprint density at radius 2 is 1.97 bits per heavy atom. The Hall–Kier alpha value is -3.19. The summed E-state index contributed by atoms with van der Waals surface area (Å²) in [7, 11) is 1.51. The van der Waals surface area contributed by atoms with E-state index in [1.165, 1.54) is 18.1 Å². The Labute approximate surface area is 193 Å². The van der Waals surface area contributed by atoms with Gasteiger partial charge in [-0.3, -0.25) is 4.79 Å². The highest BCUT2D eigenvalue weighted by Gasteiger charge is 2.51. The van der Waals surface area contributed by atoms with E-state index in [1.807, 2.05) is 4.90 Å². The standard InChI is InChI=1S/C24H22F5N3O2/c1-34-14-23-12-31(22(33)19-5-3-17(25)8-21(19)26)7-6-16(23)11-32(13-23)18-4-2-15(10-30)20(9-18)24(27,28)29/h2-5,8-9,16H,6-7,11-14H2,1H3/t16-,23+/m1/s1. The predicted octanol–water partition coefficient (Wildman–Crippen LogP) is 4.47. The van der Waals surface area contributed by atoms with Crippen LogP contribution in [0.2, 0.25) is 0 Å². The molecule has 2 aromatic rings. The summed E-state index contributed by atoms with van der Waals surface area (Å²) in [5.74, 6) is -2.27. The van der Waals surface area contributed by atoms with Crippen molar-refractivity contribution < 1.29 is 31.5 Å². The Morgan fingerprint density at radius 1 is 1.21 bits per heavy atom. The summed E-state index contributed by atoms with van der Waals surface area (Å²) < 4.78 is 73.3. The van der Waals surface area contributed by atoms with Gasteiger partial charge in [0.15, 0.2) is 0 Å². The molecule has 2 aliphatic rings. The number of rotatable bonds is 4. The molecule has 34 heavy (non-hydrogen) atoms. The number of nitriles is 1. The van der Waals surface area contributed by atoms with Gasteiger partial charge >= 0.3 is 6.18 Å². The zero-order valence-electron chi connectivity index (χ0n) is 18.3. The van der Waals surface area contributed by atoms with Crippen molar-refractivity contribution in [2.75, 3.05) is 44.8 Å². The van der Waals surface area contributed by atoms with Crippen molar-refractivity contribution in [2.45, 2.75) is 12.6 Å². The molecular weight excluding hydrogens is 457 g/mol. The van der Waals surface area contributed by atoms with Gasteiger partial charge in [-0.1, -0.05) is 0 Å². The molecular formula is C24H22F5N3O2. The average Bonchev–Trinajstić information content (AvgIpc) is 3.16. The Balaban J connectivity index is 1.61. The van der Waals surface area contributed by atoms with Crippen LogP contribution >= 0.6 is 0 Å². The quantitative estimate of drug-likeness (QED) is 0.608. The topological polar surface area (TPSA) is 56.6 Å². The van der Waals surface area contributed by atoms with E-state index in [0.717, 1.165) is 24.3 Å². The number of hydrogen-bond donors (Lipinski definition) is 0. The minimum atomic E-state index is -4.67. The molecule has 1 amide bonds. The number of piperidine rings is 1. The molecule has 2 fully saturated rings. The fraction of sp³-hybridized carbons (Fsp3) is 0.417. The van der Waals surface area contributed by atoms with Crippen LogP contribution in [0.4, 0.5) is 27.6 Å². The maximum absolute atomic E-state index is 14.2. The SMILES string of the molecule is COC[C@@]12CN(C(=O)c3ccc(F)cc3F)CC[C@@H]1CN(c1ccc(C#N)c(C(F)(F)F)c1)C2. The summed E-state index contributed by atoms with van der Waals surface area (Å²) in [5, 5.41) is 9.06. The third-order valence-corrected chi connectivity index (χ3v) is 6.74. The Morgan fingerprint density at radius 3 is 2.62 bits per heavy atom. The van der Waals surface area contributed by atoms with Gasteiger partial charge in [-0.15, -0.1) is 0 Å². The molecule has 10 heteroatoms. The molecule has 0 unspecified atom stereocenters. The number of alkyl halides is 3. The highest BCUT2D eigenvalue weighted by atomic mass is 19.4. The molecule has 2 aromatic carbocycles. The van der Waals surface area contributed by atoms with E-state index in [0.29, 0.717) is 37.8 Å². The van der Waals surface area contributed by atoms with E-state index in [2.05, 4.69) is 0 Å². The molecule has 0 bridgehead atoms. The van der Waals surface area contributed by atoms with Crippen LogP contribution in [0.25, 0.3) is 0 Å². The molecule has 0 N–H and O–H groups in total. The molecule has 0 radical (unpaired) electrons. The largest absolute Gasteiger partial charge is 0.417 e. The minimum absolute atomic E-state index is 0.0274. The van der Waals surface area contributed by atoms with Crippen molar-refractivity contribution in [3.05, 3.63) is 64.7 Å². The van der Waals surface area contributed by atoms with Crippen molar-refractivity contribution in [3.8, 4) is 6.07 Å². The molecule has 0 aliphatic carbocycles. The third kappa shape index (κ3) is 4.32. The number of carbonyl (C=O) groups excluding carboxylic acids is 1. The first-order valence-electron chi connectivity index (χ1n) is 10.7. The predicted molar refractivity (Wildman–Crippen MR) is 113 cm³/mol. The van der Waals surface area contributed by atoms with E-state index < -0.39 is 40.3 Å². The first kappa shape index (κ1) is 24.0. The van der Waals surface area contributed by atoms with Crippen molar-refractivity contribution in [2.24, 2.45) is 11.3 Å². The summed E-state index contributed by atoms with van der Waals surface area (Å²) in [6.07, 6.45) is -4.11. The van der Waals surface area contributed by atoms with Crippen LogP contribution in [0.15, 0.2) is 36.4 Å². The van der Waals surface area contributed by atoms with Crippen LogP contribution in [0.1, 0.15) is 27.9 Å². The van der Waals surface area contributed by atoms with Gasteiger partial charge in [0.1, 0.15) is 11.6 Å². The Bertz CT molecular complexity index is 1150. The molecule has 180 valence electrons. The van der Waals surface area contributed by atoms with Gasteiger partial charge in [-0.2, -0.15) is 18.4 Å². The lowest BCUT2D eigenvalue weighted by molar-refractivity contribution is -0.137. The van der Waals surface area contributed by atoms with E-state index >= 15 is 0 Å². The number of fused-ring (bicyclic) bond motifs is 1. The second-order valence-corrected chi connectivity index (χ2v) is 8.85. The van der Waals surface area contributed by atoms with E-state index in [1.54, 1.807) is 6.07 Å². The maximum atomic E-state index is 14.2. The molecule has 0 aromatic heterocycles. The number of methoxy groups -OCH3 is 1. The number of likely N-dealkylation sites (tertiary alicyclic amines) is 1. The minimum Gasteiger partial charge on any atom is -0.384 e. The Kier molecular flexibility index (Phi) is 6.25. The smallest absolute Gasteiger partial charge is 0.384 e. The summed E-state index contributed by atoms with van der Waals surface area (Å²) in [6, 6.07) is 8.00. The number of ether oxygens (including phenoxy) is 1. The van der Waals surface area contributed by atoms with Gasteiger partial charge in [0.25, 0.3) is 5.91 Å². The first-order valence-corrected chi connectivity index (χ1v) is 10.7. The normalized spacial score (nSPS) is 22.4. The number of amides is 1. The fourth-order valence-corrected chi connectivity index (χ4v) is 5.14. The highest BCUT2D eigenvalue weighted by Crippen LogP contribution is 2.45. The molecule has 0 spiro atoms. The van der Waals surface area contributed by atoms with Crippen LogP contribution in [0.3, 0.4) is 0 Å². The number of halogens is 5. The van der Waals surface area contributed by atoms with Crippen molar-refractivity contribution in [1.82, 2.24) is 4.90 Å². The van der Waals surface area contributed by atoms with Crippen LogP contribution in [-0.4, -0.2) is 50.7 Å². The van der Waals surface area contributed by atoms with Gasteiger partial charge < -0.3 is 14.5 Å². The summed E-state index contributed by atoms with van der Waals surface area (Å²) in [6.45, 7) is 1.59. The van der Waals surface area contributed by atoms with Gasteiger partial charge in [-0.25, -0.2) is 8.78 Å². The lowest BCUT2D eigenvalue weighted by Crippen LogP contribution is -2.53. The summed E-state index contributed by atoms with van der Waals surface area (Å²) >= 11 is 0. The second-order valence-electron chi connectivity index (χ2n) is 8.85. The van der Waals surface area contributed by atoms with Crippen LogP contribution in [0, 0.1) is 34.3 Å². The van der Waals surface area contributed by atoms with E-state index in [4.69, 9.17) is 10.00 Å². The number of nitrogens with zero attached hydrogens (tertiary/aromatic N) is 3. The molecule has 0 saturated carbocycles. The zero-order chi connectivity index (χ0) is 24.7. The van der Waals surface area contributed by atoms with Gasteiger partial charge in [-0.05, 0) is 42.7 Å². The van der Waals surface area contributed by atoms with Gasteiger partial charge in [0.2, 0.25) is 0 Å².